The summed E-state index contributed by atoms with van der Waals surface area (Å²) in [6.45, 7) is 4.46. The van der Waals surface area contributed by atoms with E-state index in [0.717, 1.165) is 0 Å². The van der Waals surface area contributed by atoms with Gasteiger partial charge in [0.2, 0.25) is 0 Å². The van der Waals surface area contributed by atoms with E-state index in [1.54, 1.807) is 0 Å². The molecule has 0 aliphatic rings. The Morgan fingerprint density at radius 1 is 0.929 bits per heavy atom. The Morgan fingerprint density at radius 2 is 1.21 bits per heavy atom. The van der Waals surface area contributed by atoms with Crippen LogP contribution < -0.4 is 0 Å². The lowest BCUT2D eigenvalue weighted by Gasteiger charge is -1.86. The third-order valence-electron chi connectivity index (χ3n) is 1.33. The quantitative estimate of drug-likeness (QED) is 0.530. The first-order valence-corrected chi connectivity index (χ1v) is 4.68. The number of carboxylic acid groups (broad SMARTS) is 2. The van der Waals surface area contributed by atoms with Gasteiger partial charge >= 0.3 is 11.9 Å². The van der Waals surface area contributed by atoms with E-state index in [9.17, 15) is 9.59 Å². The Hall–Kier alpha value is -1.32. The zero-order valence-electron chi connectivity index (χ0n) is 8.69. The molecule has 14 heavy (non-hydrogen) atoms. The predicted molar refractivity (Wildman–Crippen MR) is 54.2 cm³/mol. The van der Waals surface area contributed by atoms with Crippen molar-refractivity contribution in [3.05, 3.63) is 12.2 Å². The molecule has 0 amide bonds. The first-order chi connectivity index (χ1) is 6.54. The van der Waals surface area contributed by atoms with Gasteiger partial charge in [-0.25, -0.2) is 9.59 Å². The summed E-state index contributed by atoms with van der Waals surface area (Å²) in [6, 6.07) is 0. The molecule has 0 heterocycles. The molecular formula is C10H18O4. The van der Waals surface area contributed by atoms with Crippen LogP contribution in [0.1, 0.15) is 39.5 Å². The molecule has 0 rings (SSSR count). The maximum atomic E-state index is 9.55. The third kappa shape index (κ3) is 22.4. The Labute approximate surface area is 84.3 Å². The van der Waals surface area contributed by atoms with Gasteiger partial charge in [0.15, 0.2) is 0 Å². The van der Waals surface area contributed by atoms with Crippen molar-refractivity contribution < 1.29 is 19.8 Å². The van der Waals surface area contributed by atoms with Crippen LogP contribution >= 0.6 is 0 Å². The van der Waals surface area contributed by atoms with Crippen molar-refractivity contribution in [3.8, 4) is 0 Å². The fourth-order valence-corrected chi connectivity index (χ4v) is 0.643. The number of rotatable bonds is 5. The number of carboxylic acids is 2. The Kier molecular flexibility index (Phi) is 12.7. The SMILES string of the molecule is CCCCCC.O=C(O)/C=C\C(=O)O. The van der Waals surface area contributed by atoms with Crippen LogP contribution in [0.15, 0.2) is 12.2 Å². The summed E-state index contributed by atoms with van der Waals surface area (Å²) in [5.74, 6) is -2.51. The fraction of sp³-hybridized carbons (Fsp3) is 0.600. The molecule has 0 aliphatic carbocycles. The van der Waals surface area contributed by atoms with Crippen LogP contribution in [0.25, 0.3) is 0 Å². The number of hydrogen-bond acceptors (Lipinski definition) is 2. The van der Waals surface area contributed by atoms with Gasteiger partial charge in [0, 0.05) is 12.2 Å². The Bertz CT molecular complexity index is 165. The van der Waals surface area contributed by atoms with Crippen LogP contribution in [0.2, 0.25) is 0 Å². The molecule has 0 saturated heterocycles. The molecule has 2 N–H and O–H groups in total. The average Bonchev–Trinajstić information content (AvgIpc) is 2.12. The molecule has 0 aromatic heterocycles. The van der Waals surface area contributed by atoms with E-state index in [1.165, 1.54) is 25.7 Å². The van der Waals surface area contributed by atoms with Gasteiger partial charge in [-0.1, -0.05) is 39.5 Å². The van der Waals surface area contributed by atoms with E-state index in [0.29, 0.717) is 12.2 Å². The molecule has 0 radical (unpaired) electrons. The first kappa shape index (κ1) is 15.2. The molecular weight excluding hydrogens is 184 g/mol. The van der Waals surface area contributed by atoms with Crippen molar-refractivity contribution in [1.29, 1.82) is 0 Å². The van der Waals surface area contributed by atoms with Crippen LogP contribution in [-0.4, -0.2) is 22.2 Å². The molecule has 82 valence electrons. The van der Waals surface area contributed by atoms with Crippen molar-refractivity contribution in [2.45, 2.75) is 39.5 Å². The number of unbranched alkanes of at least 4 members (excludes halogenated alkanes) is 3. The molecule has 4 heteroatoms. The Morgan fingerprint density at radius 3 is 1.36 bits per heavy atom. The van der Waals surface area contributed by atoms with Crippen LogP contribution in [-0.2, 0) is 9.59 Å². The first-order valence-electron chi connectivity index (χ1n) is 4.68. The maximum Gasteiger partial charge on any atom is 0.328 e. The minimum atomic E-state index is -1.26. The highest BCUT2D eigenvalue weighted by Crippen LogP contribution is 1.95. The molecule has 0 aromatic rings. The second-order valence-corrected chi connectivity index (χ2v) is 2.72. The van der Waals surface area contributed by atoms with Crippen molar-refractivity contribution in [1.82, 2.24) is 0 Å². The summed E-state index contributed by atoms with van der Waals surface area (Å²) in [5.41, 5.74) is 0. The highest BCUT2D eigenvalue weighted by molar-refractivity contribution is 5.89. The lowest BCUT2D eigenvalue weighted by Crippen LogP contribution is -1.91. The van der Waals surface area contributed by atoms with E-state index in [4.69, 9.17) is 10.2 Å². The maximum absolute atomic E-state index is 9.55. The summed E-state index contributed by atoms with van der Waals surface area (Å²) in [7, 11) is 0. The molecule has 0 aromatic carbocycles. The molecule has 4 nitrogen and oxygen atoms in total. The smallest absolute Gasteiger partial charge is 0.328 e. The third-order valence-corrected chi connectivity index (χ3v) is 1.33. The average molecular weight is 202 g/mol. The zero-order valence-corrected chi connectivity index (χ0v) is 8.69. The largest absolute Gasteiger partial charge is 0.478 e. The lowest BCUT2D eigenvalue weighted by atomic mass is 10.2. The summed E-state index contributed by atoms with van der Waals surface area (Å²) in [6.07, 6.45) is 6.65. The van der Waals surface area contributed by atoms with Gasteiger partial charge in [0.1, 0.15) is 0 Å². The molecule has 0 spiro atoms. The standard InChI is InChI=1S/C6H14.C4H4O4/c1-3-5-6-4-2;5-3(6)1-2-4(7)8/h3-6H2,1-2H3;1-2H,(H,5,6)(H,7,8)/b;2-1-. The van der Waals surface area contributed by atoms with Crippen molar-refractivity contribution >= 4 is 11.9 Å². The molecule has 0 unspecified atom stereocenters. The molecule has 0 aliphatic heterocycles. The van der Waals surface area contributed by atoms with E-state index >= 15 is 0 Å². The zero-order chi connectivity index (χ0) is 11.4. The summed E-state index contributed by atoms with van der Waals surface area (Å²) >= 11 is 0. The van der Waals surface area contributed by atoms with Gasteiger partial charge in [-0.2, -0.15) is 0 Å². The number of carbonyl (C=O) groups is 2. The van der Waals surface area contributed by atoms with Crippen LogP contribution in [0.5, 0.6) is 0 Å². The van der Waals surface area contributed by atoms with Crippen molar-refractivity contribution in [3.63, 3.8) is 0 Å². The second kappa shape index (κ2) is 11.7. The van der Waals surface area contributed by atoms with Gasteiger partial charge in [-0.15, -0.1) is 0 Å². The van der Waals surface area contributed by atoms with Crippen LogP contribution in [0, 0.1) is 0 Å². The van der Waals surface area contributed by atoms with Gasteiger partial charge < -0.3 is 10.2 Å². The molecule has 0 bridgehead atoms. The normalized spacial score (nSPS) is 9.29. The van der Waals surface area contributed by atoms with Gasteiger partial charge in [0.05, 0.1) is 0 Å². The van der Waals surface area contributed by atoms with E-state index in [-0.39, 0.29) is 0 Å². The number of hydrogen-bond donors (Lipinski definition) is 2. The molecule has 0 saturated carbocycles. The van der Waals surface area contributed by atoms with Gasteiger partial charge in [0.25, 0.3) is 0 Å². The molecule has 0 atom stereocenters. The topological polar surface area (TPSA) is 74.6 Å². The monoisotopic (exact) mass is 202 g/mol. The van der Waals surface area contributed by atoms with E-state index in [1.807, 2.05) is 0 Å². The van der Waals surface area contributed by atoms with Crippen molar-refractivity contribution in [2.75, 3.05) is 0 Å². The summed E-state index contributed by atoms with van der Waals surface area (Å²) < 4.78 is 0. The van der Waals surface area contributed by atoms with Gasteiger partial charge in [-0.05, 0) is 0 Å². The fourth-order valence-electron chi connectivity index (χ4n) is 0.643. The molecule has 0 fully saturated rings. The highest BCUT2D eigenvalue weighted by Gasteiger charge is 1.88. The highest BCUT2D eigenvalue weighted by atomic mass is 16.4. The van der Waals surface area contributed by atoms with Crippen LogP contribution in [0.4, 0.5) is 0 Å². The van der Waals surface area contributed by atoms with Gasteiger partial charge in [-0.3, -0.25) is 0 Å². The second-order valence-electron chi connectivity index (χ2n) is 2.72. The lowest BCUT2D eigenvalue weighted by molar-refractivity contribution is -0.134. The minimum Gasteiger partial charge on any atom is -0.478 e. The van der Waals surface area contributed by atoms with E-state index in [2.05, 4.69) is 13.8 Å². The predicted octanol–water partition coefficient (Wildman–Crippen LogP) is 2.30. The van der Waals surface area contributed by atoms with Crippen molar-refractivity contribution in [2.24, 2.45) is 0 Å². The Balaban J connectivity index is 0. The summed E-state index contributed by atoms with van der Waals surface area (Å²) in [4.78, 5) is 19.1. The number of aliphatic carboxylic acids is 2. The van der Waals surface area contributed by atoms with E-state index < -0.39 is 11.9 Å². The minimum absolute atomic E-state index is 0.558. The van der Waals surface area contributed by atoms with Crippen LogP contribution in [0.3, 0.4) is 0 Å². The summed E-state index contributed by atoms with van der Waals surface area (Å²) in [5, 5.41) is 15.6.